The number of halogens is 2. The number of ether oxygens (including phenoxy) is 2. The normalized spacial score (nSPS) is 11.4. The quantitative estimate of drug-likeness (QED) is 0.468. The van der Waals surface area contributed by atoms with E-state index in [0.717, 1.165) is 9.87 Å². The predicted molar refractivity (Wildman–Crippen MR) is 125 cm³/mol. The van der Waals surface area contributed by atoms with E-state index >= 15 is 0 Å². The predicted octanol–water partition coefficient (Wildman–Crippen LogP) is 3.68. The van der Waals surface area contributed by atoms with Crippen LogP contribution < -0.4 is 14.8 Å². The molecule has 0 unspecified atom stereocenters. The summed E-state index contributed by atoms with van der Waals surface area (Å²) in [5.74, 6) is 1.64. The molecule has 1 amide bonds. The highest BCUT2D eigenvalue weighted by Crippen LogP contribution is 2.30. The zero-order valence-electron chi connectivity index (χ0n) is 17.4. The molecule has 0 spiro atoms. The summed E-state index contributed by atoms with van der Waals surface area (Å²) in [6, 6.07) is 9.61. The molecule has 2 aromatic rings. The zero-order valence-corrected chi connectivity index (χ0v) is 20.5. The van der Waals surface area contributed by atoms with Gasteiger partial charge in [0.1, 0.15) is 0 Å². The lowest BCUT2D eigenvalue weighted by atomic mass is 10.2. The molecule has 7 nitrogen and oxygen atoms in total. The molecule has 0 fully saturated rings. The summed E-state index contributed by atoms with van der Waals surface area (Å²) in [5.41, 5.74) is 0.961. The summed E-state index contributed by atoms with van der Waals surface area (Å²) in [4.78, 5) is 12.2. The molecule has 0 aliphatic carbocycles. The third kappa shape index (κ3) is 7.18. The molecule has 2 rings (SSSR count). The largest absolute Gasteiger partial charge is 0.493 e. The van der Waals surface area contributed by atoms with E-state index in [-0.39, 0.29) is 11.4 Å². The van der Waals surface area contributed by atoms with Gasteiger partial charge in [0.15, 0.2) is 11.5 Å². The van der Waals surface area contributed by atoms with Gasteiger partial charge in [0, 0.05) is 41.2 Å². The van der Waals surface area contributed by atoms with Crippen molar-refractivity contribution in [3.8, 4) is 11.5 Å². The molecule has 0 saturated heterocycles. The fourth-order valence-electron chi connectivity index (χ4n) is 2.58. The Balaban J connectivity index is 1.83. The summed E-state index contributed by atoms with van der Waals surface area (Å²) in [5, 5.41) is 3.91. The van der Waals surface area contributed by atoms with Crippen molar-refractivity contribution in [1.29, 1.82) is 0 Å². The van der Waals surface area contributed by atoms with Crippen molar-refractivity contribution < 1.29 is 22.7 Å². The maximum Gasteiger partial charge on any atom is 0.243 e. The highest BCUT2D eigenvalue weighted by Gasteiger charge is 2.24. The Morgan fingerprint density at radius 2 is 1.81 bits per heavy atom. The van der Waals surface area contributed by atoms with Gasteiger partial charge in [-0.1, -0.05) is 29.3 Å². The SMILES string of the molecule is COc1ccc(S(=O)(=O)N(C)CC(=O)NCCSCc2ccc(Cl)cc2Cl)cc1OC. The molecule has 31 heavy (non-hydrogen) atoms. The molecule has 0 atom stereocenters. The van der Waals surface area contributed by atoms with Crippen LogP contribution in [0.15, 0.2) is 41.3 Å². The van der Waals surface area contributed by atoms with Crippen LogP contribution in [-0.2, 0) is 20.6 Å². The average Bonchev–Trinajstić information content (AvgIpc) is 2.74. The lowest BCUT2D eigenvalue weighted by Gasteiger charge is -2.18. The molecule has 0 saturated carbocycles. The Hall–Kier alpha value is -1.65. The highest BCUT2D eigenvalue weighted by atomic mass is 35.5. The minimum Gasteiger partial charge on any atom is -0.493 e. The van der Waals surface area contributed by atoms with E-state index in [4.69, 9.17) is 32.7 Å². The molecule has 170 valence electrons. The summed E-state index contributed by atoms with van der Waals surface area (Å²) in [7, 11) is 0.369. The van der Waals surface area contributed by atoms with Crippen LogP contribution in [0, 0.1) is 0 Å². The first-order chi connectivity index (χ1) is 14.7. The van der Waals surface area contributed by atoms with E-state index in [1.165, 1.54) is 39.5 Å². The smallest absolute Gasteiger partial charge is 0.243 e. The minimum absolute atomic E-state index is 0.0100. The van der Waals surface area contributed by atoms with Crippen molar-refractivity contribution in [2.45, 2.75) is 10.6 Å². The average molecular weight is 507 g/mol. The van der Waals surface area contributed by atoms with Crippen molar-refractivity contribution in [2.75, 3.05) is 40.1 Å². The van der Waals surface area contributed by atoms with Gasteiger partial charge in [0.05, 0.1) is 25.7 Å². The Morgan fingerprint density at radius 3 is 2.45 bits per heavy atom. The first kappa shape index (κ1) is 25.6. The molecule has 0 aromatic heterocycles. The maximum absolute atomic E-state index is 12.7. The van der Waals surface area contributed by atoms with E-state index in [1.807, 2.05) is 6.07 Å². The molecule has 0 aliphatic rings. The number of methoxy groups -OCH3 is 2. The van der Waals surface area contributed by atoms with Crippen molar-refractivity contribution in [3.63, 3.8) is 0 Å². The van der Waals surface area contributed by atoms with Crippen LogP contribution in [0.25, 0.3) is 0 Å². The van der Waals surface area contributed by atoms with Crippen LogP contribution >= 0.6 is 35.0 Å². The van der Waals surface area contributed by atoms with E-state index in [1.54, 1.807) is 23.9 Å². The van der Waals surface area contributed by atoms with Crippen molar-refractivity contribution >= 4 is 50.9 Å². The molecule has 0 aliphatic heterocycles. The van der Waals surface area contributed by atoms with Gasteiger partial charge in [0.2, 0.25) is 15.9 Å². The summed E-state index contributed by atoms with van der Waals surface area (Å²) >= 11 is 13.6. The highest BCUT2D eigenvalue weighted by molar-refractivity contribution is 7.98. The Kier molecular flexibility index (Phi) is 9.77. The van der Waals surface area contributed by atoms with Gasteiger partial charge in [-0.2, -0.15) is 16.1 Å². The number of carbonyl (C=O) groups is 1. The second kappa shape index (κ2) is 11.8. The molecule has 2 aromatic carbocycles. The van der Waals surface area contributed by atoms with E-state index < -0.39 is 15.9 Å². The van der Waals surface area contributed by atoms with E-state index in [2.05, 4.69) is 5.32 Å². The number of sulfonamides is 1. The molecule has 0 radical (unpaired) electrons. The van der Waals surface area contributed by atoms with Gasteiger partial charge >= 0.3 is 0 Å². The standard InChI is InChI=1S/C20H24Cl2N2O5S2/c1-24(31(26,27)16-6-7-18(28-2)19(11-16)29-3)12-20(25)23-8-9-30-13-14-4-5-15(21)10-17(14)22/h4-7,10-11H,8-9,12-13H2,1-3H3,(H,23,25). The van der Waals surface area contributed by atoms with Crippen LogP contribution in [0.5, 0.6) is 11.5 Å². The van der Waals surface area contributed by atoms with Crippen LogP contribution in [0.2, 0.25) is 10.0 Å². The molecular weight excluding hydrogens is 483 g/mol. The van der Waals surface area contributed by atoms with Gasteiger partial charge in [-0.15, -0.1) is 0 Å². The number of carbonyl (C=O) groups excluding carboxylic acids is 1. The third-order valence-corrected chi connectivity index (χ3v) is 7.66. The van der Waals surface area contributed by atoms with Crippen LogP contribution in [0.1, 0.15) is 5.56 Å². The molecule has 1 N–H and O–H groups in total. The Labute approximate surface area is 197 Å². The van der Waals surface area contributed by atoms with Gasteiger partial charge in [0.25, 0.3) is 0 Å². The number of hydrogen-bond acceptors (Lipinski definition) is 6. The molecule has 0 heterocycles. The zero-order chi connectivity index (χ0) is 23.0. The maximum atomic E-state index is 12.7. The molecule has 0 bridgehead atoms. The summed E-state index contributed by atoms with van der Waals surface area (Å²) < 4.78 is 36.8. The topological polar surface area (TPSA) is 84.9 Å². The molecule has 11 heteroatoms. The lowest BCUT2D eigenvalue weighted by molar-refractivity contribution is -0.121. The summed E-state index contributed by atoms with van der Waals surface area (Å²) in [6.07, 6.45) is 0. The Morgan fingerprint density at radius 1 is 1.10 bits per heavy atom. The third-order valence-electron chi connectivity index (χ3n) is 4.27. The number of nitrogens with zero attached hydrogens (tertiary/aromatic N) is 1. The van der Waals surface area contributed by atoms with Gasteiger partial charge in [-0.25, -0.2) is 8.42 Å². The number of amides is 1. The number of likely N-dealkylation sites (N-methyl/N-ethyl adjacent to an activating group) is 1. The fourth-order valence-corrected chi connectivity index (χ4v) is 5.14. The number of thioether (sulfide) groups is 1. The second-order valence-corrected chi connectivity index (χ2v) is 10.4. The van der Waals surface area contributed by atoms with Crippen LogP contribution in [0.3, 0.4) is 0 Å². The van der Waals surface area contributed by atoms with Crippen molar-refractivity contribution in [2.24, 2.45) is 0 Å². The first-order valence-corrected chi connectivity index (χ1v) is 12.5. The fraction of sp³-hybridized carbons (Fsp3) is 0.350. The van der Waals surface area contributed by atoms with Crippen molar-refractivity contribution in [1.82, 2.24) is 9.62 Å². The van der Waals surface area contributed by atoms with Gasteiger partial charge in [-0.05, 0) is 29.8 Å². The second-order valence-electron chi connectivity index (χ2n) is 6.42. The number of hydrogen-bond donors (Lipinski definition) is 1. The van der Waals surface area contributed by atoms with Crippen molar-refractivity contribution in [3.05, 3.63) is 52.0 Å². The van der Waals surface area contributed by atoms with Crippen LogP contribution in [-0.4, -0.2) is 58.7 Å². The number of benzene rings is 2. The van der Waals surface area contributed by atoms with E-state index in [0.29, 0.717) is 39.6 Å². The minimum atomic E-state index is -3.86. The van der Waals surface area contributed by atoms with Crippen LogP contribution in [0.4, 0.5) is 0 Å². The van der Waals surface area contributed by atoms with Gasteiger partial charge < -0.3 is 14.8 Å². The summed E-state index contributed by atoms with van der Waals surface area (Å²) in [6.45, 7) is 0.101. The molecular formula is C20H24Cl2N2O5S2. The van der Waals surface area contributed by atoms with E-state index in [9.17, 15) is 13.2 Å². The number of rotatable bonds is 11. The number of nitrogens with one attached hydrogen (secondary N) is 1. The van der Waals surface area contributed by atoms with Gasteiger partial charge in [-0.3, -0.25) is 4.79 Å². The Bertz CT molecular complexity index is 1020. The lowest BCUT2D eigenvalue weighted by Crippen LogP contribution is -2.39. The first-order valence-electron chi connectivity index (χ1n) is 9.15. The monoisotopic (exact) mass is 506 g/mol.